The second-order valence-electron chi connectivity index (χ2n) is 13.2. The number of aliphatic hydroxyl groups excluding tert-OH is 1. The summed E-state index contributed by atoms with van der Waals surface area (Å²) in [4.78, 5) is 2.14. The second kappa shape index (κ2) is 16.1. The first-order valence-corrected chi connectivity index (χ1v) is 17.8. The third kappa shape index (κ3) is 8.21. The number of aliphatic hydroxyl groups is 1. The van der Waals surface area contributed by atoms with Crippen LogP contribution in [0.1, 0.15) is 47.9 Å². The van der Waals surface area contributed by atoms with Crippen LogP contribution in [0.3, 0.4) is 0 Å². The Bertz CT molecular complexity index is 1950. The summed E-state index contributed by atoms with van der Waals surface area (Å²) >= 11 is 0. The Morgan fingerprint density at radius 1 is 0.640 bits per heavy atom. The predicted molar refractivity (Wildman–Crippen MR) is 201 cm³/mol. The number of fused-ring (bicyclic) bond motifs is 1. The Hall–Kier alpha value is -5.04. The zero-order chi connectivity index (χ0) is 34.1. The van der Waals surface area contributed by atoms with E-state index in [0.717, 1.165) is 71.8 Å². The molecule has 6 aromatic rings. The molecule has 1 unspecified atom stereocenters. The van der Waals surface area contributed by atoms with Gasteiger partial charge in [0.25, 0.3) is 0 Å². The average molecular weight is 667 g/mol. The summed E-state index contributed by atoms with van der Waals surface area (Å²) in [5.74, 6) is 2.54. The Kier molecular flexibility index (Phi) is 10.8. The van der Waals surface area contributed by atoms with Crippen molar-refractivity contribution in [1.29, 1.82) is 0 Å². The largest absolute Gasteiger partial charge is 0.492 e. The third-order valence-electron chi connectivity index (χ3n) is 9.65. The zero-order valence-corrected chi connectivity index (χ0v) is 28.8. The number of benzene rings is 5. The predicted octanol–water partition coefficient (Wildman–Crippen LogP) is 9.40. The highest BCUT2D eigenvalue weighted by Gasteiger charge is 2.19. The van der Waals surface area contributed by atoms with Crippen molar-refractivity contribution in [2.75, 3.05) is 19.7 Å². The second-order valence-corrected chi connectivity index (χ2v) is 13.2. The third-order valence-corrected chi connectivity index (χ3v) is 9.65. The fraction of sp³-hybridized carbons (Fsp3) is 0.273. The molecule has 0 spiro atoms. The molecule has 1 aliphatic heterocycles. The minimum absolute atomic E-state index is 0.359. The molecule has 5 aromatic carbocycles. The number of aryl methyl sites for hydroxylation is 1. The van der Waals surface area contributed by atoms with E-state index < -0.39 is 0 Å². The van der Waals surface area contributed by atoms with E-state index in [1.807, 2.05) is 36.4 Å². The van der Waals surface area contributed by atoms with E-state index in [9.17, 15) is 5.11 Å². The molecule has 1 N–H and O–H groups in total. The van der Waals surface area contributed by atoms with Crippen molar-refractivity contribution in [3.63, 3.8) is 0 Å². The Balaban J connectivity index is 1.11. The van der Waals surface area contributed by atoms with Crippen LogP contribution in [0, 0.1) is 6.92 Å². The lowest BCUT2D eigenvalue weighted by molar-refractivity contribution is -0.00226. The van der Waals surface area contributed by atoms with Gasteiger partial charge in [-0.25, -0.2) is 0 Å². The van der Waals surface area contributed by atoms with Gasteiger partial charge in [0, 0.05) is 30.5 Å². The van der Waals surface area contributed by atoms with Gasteiger partial charge in [0.1, 0.15) is 43.3 Å². The van der Waals surface area contributed by atoms with Crippen molar-refractivity contribution >= 4 is 10.9 Å². The van der Waals surface area contributed by atoms with E-state index in [-0.39, 0.29) is 6.23 Å². The van der Waals surface area contributed by atoms with Gasteiger partial charge in [-0.15, -0.1) is 0 Å². The molecule has 1 atom stereocenters. The van der Waals surface area contributed by atoms with Gasteiger partial charge < -0.3 is 23.9 Å². The normalized spacial score (nSPS) is 15.1. The summed E-state index contributed by atoms with van der Waals surface area (Å²) in [6.07, 6.45) is 3.90. The van der Waals surface area contributed by atoms with E-state index in [1.165, 1.54) is 28.6 Å². The molecule has 256 valence electrons. The zero-order valence-electron chi connectivity index (χ0n) is 28.8. The smallest absolute Gasteiger partial charge is 0.120 e. The van der Waals surface area contributed by atoms with Gasteiger partial charge in [0.05, 0.1) is 5.69 Å². The fourth-order valence-electron chi connectivity index (χ4n) is 6.88. The number of nitrogens with zero attached hydrogens (tertiary/aromatic N) is 2. The van der Waals surface area contributed by atoms with Crippen LogP contribution in [0.5, 0.6) is 17.2 Å². The number of hydrogen-bond donors (Lipinski definition) is 1. The molecule has 1 aromatic heterocycles. The van der Waals surface area contributed by atoms with E-state index in [1.54, 1.807) is 0 Å². The maximum absolute atomic E-state index is 10.4. The molecule has 0 aliphatic carbocycles. The van der Waals surface area contributed by atoms with Crippen molar-refractivity contribution in [2.45, 2.75) is 58.6 Å². The lowest BCUT2D eigenvalue weighted by atomic mass is 10.1. The van der Waals surface area contributed by atoms with Gasteiger partial charge in [-0.05, 0) is 109 Å². The maximum Gasteiger partial charge on any atom is 0.120 e. The van der Waals surface area contributed by atoms with Gasteiger partial charge in [-0.2, -0.15) is 0 Å². The fourth-order valence-corrected chi connectivity index (χ4v) is 6.88. The van der Waals surface area contributed by atoms with Crippen LogP contribution in [0.2, 0.25) is 0 Å². The number of rotatable bonds is 13. The molecule has 7 rings (SSSR count). The quantitative estimate of drug-likeness (QED) is 0.133. The van der Waals surface area contributed by atoms with E-state index in [2.05, 4.69) is 107 Å². The van der Waals surface area contributed by atoms with Gasteiger partial charge in [0.2, 0.25) is 0 Å². The summed E-state index contributed by atoms with van der Waals surface area (Å²) in [5.41, 5.74) is 8.14. The molecule has 1 aliphatic rings. The molecule has 0 saturated carbocycles. The molecule has 0 radical (unpaired) electrons. The van der Waals surface area contributed by atoms with Crippen molar-refractivity contribution in [2.24, 2.45) is 0 Å². The highest BCUT2D eigenvalue weighted by molar-refractivity contribution is 5.92. The summed E-state index contributed by atoms with van der Waals surface area (Å²) in [5, 5.41) is 11.6. The van der Waals surface area contributed by atoms with Crippen LogP contribution in [-0.2, 0) is 19.8 Å². The first-order chi connectivity index (χ1) is 24.6. The van der Waals surface area contributed by atoms with Crippen LogP contribution in [0.15, 0.2) is 127 Å². The Labute approximate surface area is 295 Å². The van der Waals surface area contributed by atoms with Crippen LogP contribution >= 0.6 is 0 Å². The molecule has 1 saturated heterocycles. The molecule has 6 heteroatoms. The Morgan fingerprint density at radius 2 is 1.26 bits per heavy atom. The van der Waals surface area contributed by atoms with Gasteiger partial charge >= 0.3 is 0 Å². The summed E-state index contributed by atoms with van der Waals surface area (Å²) in [7, 11) is 0. The van der Waals surface area contributed by atoms with E-state index >= 15 is 0 Å². The summed E-state index contributed by atoms with van der Waals surface area (Å²) < 4.78 is 20.9. The number of ether oxygens (including phenoxy) is 3. The number of aromatic nitrogens is 1. The van der Waals surface area contributed by atoms with Crippen molar-refractivity contribution in [3.8, 4) is 28.5 Å². The average Bonchev–Trinajstić information content (AvgIpc) is 3.27. The molecular formula is C44H46N2O4. The van der Waals surface area contributed by atoms with Crippen molar-refractivity contribution in [1.82, 2.24) is 9.47 Å². The van der Waals surface area contributed by atoms with Gasteiger partial charge in [-0.1, -0.05) is 79.2 Å². The molecule has 2 heterocycles. The van der Waals surface area contributed by atoms with Crippen LogP contribution < -0.4 is 14.2 Å². The minimum atomic E-state index is -0.359. The summed E-state index contributed by atoms with van der Waals surface area (Å²) in [6, 6.07) is 43.8. The molecule has 0 bridgehead atoms. The number of hydrogen-bond acceptors (Lipinski definition) is 5. The molecule has 6 nitrogen and oxygen atoms in total. The van der Waals surface area contributed by atoms with Gasteiger partial charge in [0.15, 0.2) is 0 Å². The lowest BCUT2D eigenvalue weighted by Gasteiger charge is -2.25. The Morgan fingerprint density at radius 3 is 1.96 bits per heavy atom. The topological polar surface area (TPSA) is 56.1 Å². The monoisotopic (exact) mass is 666 g/mol. The SMILES string of the molecule is Cc1c(-c2ccc(OCc3ccccc3)cc2)n(Cc2ccc(OCCN3CCCCCC3O)cc2)c2ccc(OCc3ccccc3)cc12. The molecule has 50 heavy (non-hydrogen) atoms. The maximum atomic E-state index is 10.4. The van der Waals surface area contributed by atoms with Crippen LogP contribution in [0.25, 0.3) is 22.2 Å². The standard InChI is InChI=1S/C44H46N2O4/c1-33-41-29-40(50-32-36-13-7-3-8-14-36)24-25-42(41)46(44(33)37-18-22-39(23-19-37)49-31-35-11-5-2-6-12-35)30-34-16-20-38(21-17-34)48-28-27-45-26-10-4-9-15-43(45)47/h2-3,5-8,11-14,16-25,29,43,47H,4,9-10,15,26-28,30-32H2,1H3. The van der Waals surface area contributed by atoms with Crippen molar-refractivity contribution < 1.29 is 19.3 Å². The van der Waals surface area contributed by atoms with Gasteiger partial charge in [-0.3, -0.25) is 4.90 Å². The molecule has 0 amide bonds. The van der Waals surface area contributed by atoms with Crippen LogP contribution in [-0.4, -0.2) is 40.5 Å². The molecule has 1 fully saturated rings. The highest BCUT2D eigenvalue weighted by atomic mass is 16.5. The summed E-state index contributed by atoms with van der Waals surface area (Å²) in [6.45, 7) is 6.18. The lowest BCUT2D eigenvalue weighted by Crippen LogP contribution is -2.37. The van der Waals surface area contributed by atoms with E-state index in [4.69, 9.17) is 14.2 Å². The first kappa shape index (κ1) is 33.5. The first-order valence-electron chi connectivity index (χ1n) is 17.8. The van der Waals surface area contributed by atoms with Crippen LogP contribution in [0.4, 0.5) is 0 Å². The number of likely N-dealkylation sites (tertiary alicyclic amines) is 1. The van der Waals surface area contributed by atoms with E-state index in [0.29, 0.717) is 26.4 Å². The minimum Gasteiger partial charge on any atom is -0.492 e. The molecular weight excluding hydrogens is 620 g/mol. The van der Waals surface area contributed by atoms with Crippen molar-refractivity contribution in [3.05, 3.63) is 150 Å². The highest BCUT2D eigenvalue weighted by Crippen LogP contribution is 2.37.